The number of nitrogens with one attached hydrogen (secondary N) is 2. The molecular formula is C20H18ClN3O4S. The molecule has 2 aromatic rings. The zero-order valence-corrected chi connectivity index (χ0v) is 16.9. The third-order valence-corrected chi connectivity index (χ3v) is 6.12. The second-order valence-corrected chi connectivity index (χ2v) is 8.78. The number of anilines is 1. The van der Waals surface area contributed by atoms with E-state index in [1.54, 1.807) is 36.4 Å². The van der Waals surface area contributed by atoms with Gasteiger partial charge in [-0.1, -0.05) is 17.7 Å². The number of fused-ring (bicyclic) bond motifs is 1. The van der Waals surface area contributed by atoms with E-state index in [1.807, 2.05) is 0 Å². The predicted molar refractivity (Wildman–Crippen MR) is 112 cm³/mol. The van der Waals surface area contributed by atoms with Crippen LogP contribution in [0.2, 0.25) is 5.02 Å². The molecule has 2 aromatic carbocycles. The van der Waals surface area contributed by atoms with Crippen LogP contribution in [-0.2, 0) is 14.8 Å². The predicted octanol–water partition coefficient (Wildman–Crippen LogP) is 3.23. The maximum absolute atomic E-state index is 12.6. The maximum atomic E-state index is 12.6. The van der Waals surface area contributed by atoms with Crippen molar-refractivity contribution in [1.29, 1.82) is 0 Å². The van der Waals surface area contributed by atoms with Gasteiger partial charge in [-0.15, -0.1) is 0 Å². The van der Waals surface area contributed by atoms with Crippen molar-refractivity contribution in [3.63, 3.8) is 0 Å². The number of amides is 1. The summed E-state index contributed by atoms with van der Waals surface area (Å²) in [5, 5.41) is 3.26. The maximum Gasteiger partial charge on any atom is 0.262 e. The van der Waals surface area contributed by atoms with E-state index in [4.69, 9.17) is 16.3 Å². The molecule has 2 N–H and O–H groups in total. The number of carbonyl (C=O) groups is 1. The lowest BCUT2D eigenvalue weighted by Gasteiger charge is -2.18. The van der Waals surface area contributed by atoms with Gasteiger partial charge in [-0.25, -0.2) is 8.42 Å². The van der Waals surface area contributed by atoms with Gasteiger partial charge in [-0.2, -0.15) is 0 Å². The third-order valence-electron chi connectivity index (χ3n) is 4.51. The molecule has 2 aliphatic heterocycles. The first kappa shape index (κ1) is 19.5. The van der Waals surface area contributed by atoms with Crippen LogP contribution in [-0.4, -0.2) is 33.3 Å². The first-order valence-electron chi connectivity index (χ1n) is 9.01. The van der Waals surface area contributed by atoms with Gasteiger partial charge in [-0.05, 0) is 48.9 Å². The molecule has 0 saturated heterocycles. The van der Waals surface area contributed by atoms with Crippen LogP contribution in [0.3, 0.4) is 0 Å². The van der Waals surface area contributed by atoms with Gasteiger partial charge in [0.1, 0.15) is 18.2 Å². The summed E-state index contributed by atoms with van der Waals surface area (Å²) in [4.78, 5) is 16.8. The van der Waals surface area contributed by atoms with Crippen molar-refractivity contribution in [2.24, 2.45) is 4.99 Å². The van der Waals surface area contributed by atoms with Gasteiger partial charge in [-0.3, -0.25) is 14.5 Å². The first-order chi connectivity index (χ1) is 13.9. The van der Waals surface area contributed by atoms with Crippen molar-refractivity contribution < 1.29 is 17.9 Å². The van der Waals surface area contributed by atoms with E-state index in [1.165, 1.54) is 12.1 Å². The number of carbonyl (C=O) groups excluding carboxylic acids is 1. The summed E-state index contributed by atoms with van der Waals surface area (Å²) in [7, 11) is -3.76. The molecule has 0 fully saturated rings. The Balaban J connectivity index is 1.51. The zero-order chi connectivity index (χ0) is 20.4. The average molecular weight is 432 g/mol. The summed E-state index contributed by atoms with van der Waals surface area (Å²) in [5.41, 5.74) is 1.49. The van der Waals surface area contributed by atoms with Crippen molar-refractivity contribution in [2.75, 3.05) is 18.5 Å². The van der Waals surface area contributed by atoms with Crippen molar-refractivity contribution in [2.45, 2.75) is 17.7 Å². The largest absolute Gasteiger partial charge is 0.488 e. The standard InChI is InChI=1S/C20H18ClN3O4S/c21-15-6-7-18-13(10-15)9-14(12-28-18)20(25)23-16-3-1-4-17(11-16)29(26,27)24-19-5-2-8-22-19/h1,3-4,6-7,9-11H,2,5,8,12H2,(H,22,24)(H,23,25). The minimum atomic E-state index is -3.76. The van der Waals surface area contributed by atoms with Gasteiger partial charge >= 0.3 is 0 Å². The van der Waals surface area contributed by atoms with Crippen molar-refractivity contribution in [1.82, 2.24) is 4.72 Å². The van der Waals surface area contributed by atoms with E-state index < -0.39 is 10.0 Å². The fourth-order valence-electron chi connectivity index (χ4n) is 3.07. The second kappa shape index (κ2) is 7.88. The molecule has 2 aliphatic rings. The summed E-state index contributed by atoms with van der Waals surface area (Å²) in [6.07, 6.45) is 3.15. The molecule has 0 saturated carbocycles. The fourth-order valence-corrected chi connectivity index (χ4v) is 4.38. The quantitative estimate of drug-likeness (QED) is 0.776. The molecule has 1 amide bonds. The molecule has 0 aliphatic carbocycles. The lowest BCUT2D eigenvalue weighted by molar-refractivity contribution is -0.113. The van der Waals surface area contributed by atoms with Gasteiger partial charge in [0.25, 0.3) is 15.9 Å². The summed E-state index contributed by atoms with van der Waals surface area (Å²) in [5.74, 6) is 0.736. The summed E-state index contributed by atoms with van der Waals surface area (Å²) < 4.78 is 33.2. The molecule has 0 radical (unpaired) electrons. The number of ether oxygens (including phenoxy) is 1. The summed E-state index contributed by atoms with van der Waals surface area (Å²) >= 11 is 6.00. The number of aliphatic imine (C=N–C) groups is 1. The highest BCUT2D eigenvalue weighted by molar-refractivity contribution is 7.90. The van der Waals surface area contributed by atoms with Crippen LogP contribution in [0.25, 0.3) is 6.08 Å². The Labute approximate surface area is 173 Å². The molecule has 9 heteroatoms. The monoisotopic (exact) mass is 431 g/mol. The Morgan fingerprint density at radius 3 is 2.83 bits per heavy atom. The average Bonchev–Trinajstić information content (AvgIpc) is 3.20. The van der Waals surface area contributed by atoms with E-state index in [-0.39, 0.29) is 17.4 Å². The molecule has 0 aromatic heterocycles. The number of amidine groups is 1. The van der Waals surface area contributed by atoms with Gasteiger partial charge in [0, 0.05) is 29.2 Å². The van der Waals surface area contributed by atoms with E-state index in [2.05, 4.69) is 15.0 Å². The second-order valence-electron chi connectivity index (χ2n) is 6.66. The highest BCUT2D eigenvalue weighted by Gasteiger charge is 2.20. The van der Waals surface area contributed by atoms with E-state index in [9.17, 15) is 13.2 Å². The van der Waals surface area contributed by atoms with Crippen molar-refractivity contribution in [3.05, 3.63) is 58.6 Å². The van der Waals surface area contributed by atoms with Gasteiger partial charge in [0.15, 0.2) is 0 Å². The first-order valence-corrected chi connectivity index (χ1v) is 10.9. The van der Waals surface area contributed by atoms with Gasteiger partial charge in [0.05, 0.1) is 10.5 Å². The lowest BCUT2D eigenvalue weighted by Crippen LogP contribution is -2.29. The number of nitrogens with zero attached hydrogens (tertiary/aromatic N) is 1. The minimum absolute atomic E-state index is 0.0518. The van der Waals surface area contributed by atoms with E-state index in [0.717, 1.165) is 6.42 Å². The number of hydrogen-bond acceptors (Lipinski definition) is 5. The Morgan fingerprint density at radius 1 is 1.17 bits per heavy atom. The number of benzene rings is 2. The lowest BCUT2D eigenvalue weighted by atomic mass is 10.1. The highest BCUT2D eigenvalue weighted by Crippen LogP contribution is 2.29. The number of hydrogen-bond donors (Lipinski definition) is 2. The number of sulfonamides is 1. The summed E-state index contributed by atoms with van der Waals surface area (Å²) in [6, 6.07) is 11.3. The fraction of sp³-hybridized carbons (Fsp3) is 0.200. The molecule has 2 heterocycles. The van der Waals surface area contributed by atoms with Crippen LogP contribution in [0, 0.1) is 0 Å². The third kappa shape index (κ3) is 4.44. The molecule has 29 heavy (non-hydrogen) atoms. The van der Waals surface area contributed by atoms with Crippen LogP contribution < -0.4 is 14.8 Å². The molecule has 0 spiro atoms. The smallest absolute Gasteiger partial charge is 0.262 e. The molecule has 0 atom stereocenters. The minimum Gasteiger partial charge on any atom is -0.488 e. The molecule has 7 nitrogen and oxygen atoms in total. The molecule has 0 bridgehead atoms. The molecular weight excluding hydrogens is 414 g/mol. The zero-order valence-electron chi connectivity index (χ0n) is 15.3. The van der Waals surface area contributed by atoms with Crippen LogP contribution in [0.1, 0.15) is 18.4 Å². The molecule has 0 unspecified atom stereocenters. The van der Waals surface area contributed by atoms with Crippen molar-refractivity contribution >= 4 is 45.1 Å². The van der Waals surface area contributed by atoms with Gasteiger partial charge in [0.2, 0.25) is 0 Å². The highest BCUT2D eigenvalue weighted by atomic mass is 35.5. The van der Waals surface area contributed by atoms with Crippen LogP contribution >= 0.6 is 11.6 Å². The van der Waals surface area contributed by atoms with Crippen molar-refractivity contribution in [3.8, 4) is 5.75 Å². The number of rotatable bonds is 4. The number of halogens is 1. The topological polar surface area (TPSA) is 96.9 Å². The van der Waals surface area contributed by atoms with Crippen LogP contribution in [0.15, 0.2) is 57.9 Å². The molecule has 4 rings (SSSR count). The van der Waals surface area contributed by atoms with E-state index in [0.29, 0.717) is 46.4 Å². The Hall–Kier alpha value is -2.84. The Morgan fingerprint density at radius 2 is 2.03 bits per heavy atom. The van der Waals surface area contributed by atoms with Gasteiger partial charge < -0.3 is 10.1 Å². The SMILES string of the molecule is O=C(Nc1cccc(S(=O)(=O)NC2=NCCC2)c1)C1=Cc2cc(Cl)ccc2OC1. The Kier molecular flexibility index (Phi) is 5.29. The summed E-state index contributed by atoms with van der Waals surface area (Å²) in [6.45, 7) is 0.735. The Bertz CT molecular complexity index is 1140. The molecule has 150 valence electrons. The van der Waals surface area contributed by atoms with E-state index >= 15 is 0 Å². The normalized spacial score (nSPS) is 15.6. The van der Waals surface area contributed by atoms with Crippen LogP contribution in [0.4, 0.5) is 5.69 Å². The van der Waals surface area contributed by atoms with Crippen LogP contribution in [0.5, 0.6) is 5.75 Å².